The van der Waals surface area contributed by atoms with E-state index in [2.05, 4.69) is 11.9 Å². The lowest BCUT2D eigenvalue weighted by Gasteiger charge is -2.28. The minimum Gasteiger partial charge on any atom is -0.460 e. The fourth-order valence-electron chi connectivity index (χ4n) is 2.08. The maximum absolute atomic E-state index is 10.9. The summed E-state index contributed by atoms with van der Waals surface area (Å²) in [6, 6.07) is 0.279. The third-order valence-electron chi connectivity index (χ3n) is 2.93. The highest BCUT2D eigenvalue weighted by molar-refractivity contribution is 5.81. The molecule has 1 saturated carbocycles. The van der Waals surface area contributed by atoms with Crippen molar-refractivity contribution in [3.8, 4) is 0 Å². The van der Waals surface area contributed by atoms with E-state index >= 15 is 0 Å². The molecule has 5 nitrogen and oxygen atoms in total. The molecule has 0 radical (unpaired) electrons. The normalized spacial score (nSPS) is 23.2. The summed E-state index contributed by atoms with van der Waals surface area (Å²) in [5.74, 6) is -0.399. The van der Waals surface area contributed by atoms with Crippen molar-refractivity contribution in [2.24, 2.45) is 0 Å². The average molecular weight is 255 g/mol. The molecular weight excluding hydrogens is 234 g/mol. The molecule has 0 atom stereocenters. The van der Waals surface area contributed by atoms with Gasteiger partial charge < -0.3 is 14.8 Å². The van der Waals surface area contributed by atoms with E-state index in [9.17, 15) is 9.59 Å². The largest absolute Gasteiger partial charge is 0.460 e. The molecule has 0 aliphatic heterocycles. The molecule has 0 saturated heterocycles. The standard InChI is InChI=1S/C13H21NO4/c1-3-13(16)18-9-8-17-12-6-4-11(5-7-12)14-10(2)15/h3,11-12H,1,4-9H2,2H3,(H,14,15). The van der Waals surface area contributed by atoms with Crippen molar-refractivity contribution in [2.75, 3.05) is 13.2 Å². The molecular formula is C13H21NO4. The van der Waals surface area contributed by atoms with E-state index < -0.39 is 5.97 Å². The molecule has 102 valence electrons. The van der Waals surface area contributed by atoms with Crippen LogP contribution in [0.5, 0.6) is 0 Å². The van der Waals surface area contributed by atoms with Crippen molar-refractivity contribution >= 4 is 11.9 Å². The molecule has 1 aliphatic rings. The van der Waals surface area contributed by atoms with Gasteiger partial charge in [0.15, 0.2) is 0 Å². The summed E-state index contributed by atoms with van der Waals surface area (Å²) in [4.78, 5) is 21.7. The Labute approximate surface area is 108 Å². The number of carbonyl (C=O) groups excluding carboxylic acids is 2. The minimum absolute atomic E-state index is 0.0238. The predicted octanol–water partition coefficient (Wildman–Crippen LogP) is 1.18. The van der Waals surface area contributed by atoms with Crippen LogP contribution >= 0.6 is 0 Å². The van der Waals surface area contributed by atoms with Gasteiger partial charge in [-0.25, -0.2) is 4.79 Å². The Bertz CT molecular complexity index is 295. The maximum atomic E-state index is 10.9. The van der Waals surface area contributed by atoms with Crippen LogP contribution in [0.2, 0.25) is 0 Å². The molecule has 0 aromatic rings. The summed E-state index contributed by atoms with van der Waals surface area (Å²) in [5.41, 5.74) is 0. The van der Waals surface area contributed by atoms with Crippen molar-refractivity contribution in [3.05, 3.63) is 12.7 Å². The van der Waals surface area contributed by atoms with E-state index in [0.29, 0.717) is 6.61 Å². The van der Waals surface area contributed by atoms with Gasteiger partial charge in [0, 0.05) is 19.0 Å². The molecule has 1 aliphatic carbocycles. The van der Waals surface area contributed by atoms with Gasteiger partial charge in [0.25, 0.3) is 0 Å². The summed E-state index contributed by atoms with van der Waals surface area (Å²) in [6.07, 6.45) is 5.09. The van der Waals surface area contributed by atoms with Crippen LogP contribution in [-0.4, -0.2) is 37.2 Å². The summed E-state index contributed by atoms with van der Waals surface area (Å²) in [5, 5.41) is 2.92. The molecule has 0 aromatic heterocycles. The molecule has 1 N–H and O–H groups in total. The van der Waals surface area contributed by atoms with Crippen molar-refractivity contribution in [1.82, 2.24) is 5.32 Å². The topological polar surface area (TPSA) is 64.6 Å². The molecule has 5 heteroatoms. The van der Waals surface area contributed by atoms with E-state index in [1.165, 1.54) is 6.92 Å². The van der Waals surface area contributed by atoms with Crippen molar-refractivity contribution in [3.63, 3.8) is 0 Å². The van der Waals surface area contributed by atoms with E-state index in [1.807, 2.05) is 0 Å². The average Bonchev–Trinajstić information content (AvgIpc) is 2.35. The zero-order chi connectivity index (χ0) is 13.4. The molecule has 0 spiro atoms. The second-order valence-electron chi connectivity index (χ2n) is 4.42. The predicted molar refractivity (Wildman–Crippen MR) is 67.0 cm³/mol. The lowest BCUT2D eigenvalue weighted by Crippen LogP contribution is -2.38. The first kappa shape index (κ1) is 14.7. The number of carbonyl (C=O) groups is 2. The van der Waals surface area contributed by atoms with Crippen LogP contribution in [0.25, 0.3) is 0 Å². The Morgan fingerprint density at radius 2 is 1.94 bits per heavy atom. The Morgan fingerprint density at radius 1 is 1.28 bits per heavy atom. The van der Waals surface area contributed by atoms with Crippen LogP contribution in [0.4, 0.5) is 0 Å². The number of ether oxygens (including phenoxy) is 2. The van der Waals surface area contributed by atoms with Crippen LogP contribution in [0, 0.1) is 0 Å². The van der Waals surface area contributed by atoms with Gasteiger partial charge in [-0.05, 0) is 25.7 Å². The van der Waals surface area contributed by atoms with Gasteiger partial charge in [0.2, 0.25) is 5.91 Å². The summed E-state index contributed by atoms with van der Waals surface area (Å²) < 4.78 is 10.4. The molecule has 0 unspecified atom stereocenters. The number of hydrogen-bond acceptors (Lipinski definition) is 4. The summed E-state index contributed by atoms with van der Waals surface area (Å²) >= 11 is 0. The molecule has 18 heavy (non-hydrogen) atoms. The Morgan fingerprint density at radius 3 is 2.50 bits per heavy atom. The van der Waals surface area contributed by atoms with Gasteiger partial charge in [-0.1, -0.05) is 6.58 Å². The van der Waals surface area contributed by atoms with Crippen molar-refractivity contribution in [1.29, 1.82) is 0 Å². The number of esters is 1. The molecule has 1 fully saturated rings. The first-order valence-corrected chi connectivity index (χ1v) is 6.29. The Kier molecular flexibility index (Phi) is 6.43. The minimum atomic E-state index is -0.423. The SMILES string of the molecule is C=CC(=O)OCCOC1CCC(NC(C)=O)CC1. The second-order valence-corrected chi connectivity index (χ2v) is 4.42. The van der Waals surface area contributed by atoms with Gasteiger partial charge in [0.1, 0.15) is 6.61 Å². The van der Waals surface area contributed by atoms with Crippen LogP contribution in [0.15, 0.2) is 12.7 Å². The van der Waals surface area contributed by atoms with E-state index in [4.69, 9.17) is 9.47 Å². The fourth-order valence-corrected chi connectivity index (χ4v) is 2.08. The summed E-state index contributed by atoms with van der Waals surface area (Å²) in [7, 11) is 0. The zero-order valence-corrected chi connectivity index (χ0v) is 10.8. The first-order valence-electron chi connectivity index (χ1n) is 6.29. The second kappa shape index (κ2) is 7.87. The van der Waals surface area contributed by atoms with Crippen molar-refractivity contribution in [2.45, 2.75) is 44.8 Å². The molecule has 0 aromatic carbocycles. The molecule has 0 heterocycles. The quantitative estimate of drug-likeness (QED) is 0.440. The van der Waals surface area contributed by atoms with Gasteiger partial charge in [-0.15, -0.1) is 0 Å². The van der Waals surface area contributed by atoms with Crippen LogP contribution in [0.1, 0.15) is 32.6 Å². The number of nitrogens with one attached hydrogen (secondary N) is 1. The van der Waals surface area contributed by atoms with Gasteiger partial charge in [-0.2, -0.15) is 0 Å². The van der Waals surface area contributed by atoms with E-state index in [0.717, 1.165) is 31.8 Å². The van der Waals surface area contributed by atoms with Crippen molar-refractivity contribution < 1.29 is 19.1 Å². The lowest BCUT2D eigenvalue weighted by molar-refractivity contribution is -0.140. The van der Waals surface area contributed by atoms with Gasteiger partial charge in [-0.3, -0.25) is 4.79 Å². The highest BCUT2D eigenvalue weighted by Gasteiger charge is 2.21. The smallest absolute Gasteiger partial charge is 0.330 e. The molecule has 1 amide bonds. The van der Waals surface area contributed by atoms with Gasteiger partial charge in [0.05, 0.1) is 12.7 Å². The van der Waals surface area contributed by atoms with Crippen LogP contribution < -0.4 is 5.32 Å². The zero-order valence-electron chi connectivity index (χ0n) is 10.8. The maximum Gasteiger partial charge on any atom is 0.330 e. The molecule has 1 rings (SSSR count). The first-order chi connectivity index (χ1) is 8.61. The summed E-state index contributed by atoms with van der Waals surface area (Å²) in [6.45, 7) is 5.52. The van der Waals surface area contributed by atoms with Gasteiger partial charge >= 0.3 is 5.97 Å². The highest BCUT2D eigenvalue weighted by atomic mass is 16.6. The number of rotatable bonds is 6. The number of hydrogen-bond donors (Lipinski definition) is 1. The van der Waals surface area contributed by atoms with E-state index in [-0.39, 0.29) is 24.7 Å². The number of amides is 1. The third-order valence-corrected chi connectivity index (χ3v) is 2.93. The Hall–Kier alpha value is -1.36. The van der Waals surface area contributed by atoms with Crippen LogP contribution in [-0.2, 0) is 19.1 Å². The third kappa shape index (κ3) is 5.82. The Balaban J connectivity index is 2.07. The lowest BCUT2D eigenvalue weighted by atomic mass is 9.93. The molecule has 0 bridgehead atoms. The van der Waals surface area contributed by atoms with E-state index in [1.54, 1.807) is 0 Å². The monoisotopic (exact) mass is 255 g/mol. The van der Waals surface area contributed by atoms with Crippen LogP contribution in [0.3, 0.4) is 0 Å². The highest BCUT2D eigenvalue weighted by Crippen LogP contribution is 2.21. The fraction of sp³-hybridized carbons (Fsp3) is 0.692.